The van der Waals surface area contributed by atoms with Crippen LogP contribution in [0, 0.1) is 0 Å². The van der Waals surface area contributed by atoms with E-state index in [1.807, 2.05) is 0 Å². The average molecular weight is 375 g/mol. The highest BCUT2D eigenvalue weighted by Crippen LogP contribution is 2.23. The molecule has 0 atom stereocenters. The summed E-state index contributed by atoms with van der Waals surface area (Å²) in [6, 6.07) is 9.99. The van der Waals surface area contributed by atoms with Gasteiger partial charge in [0.25, 0.3) is 0 Å². The number of hydrogen-bond donors (Lipinski definition) is 3. The summed E-state index contributed by atoms with van der Waals surface area (Å²) < 4.78 is 28.7. The van der Waals surface area contributed by atoms with Crippen molar-refractivity contribution in [2.24, 2.45) is 0 Å². The predicted octanol–water partition coefficient (Wildman–Crippen LogP) is 1.12. The Labute approximate surface area is 149 Å². The molecule has 9 nitrogen and oxygen atoms in total. The van der Waals surface area contributed by atoms with Crippen LogP contribution in [0.25, 0.3) is 16.8 Å². The summed E-state index contributed by atoms with van der Waals surface area (Å²) >= 11 is 0. The summed E-state index contributed by atoms with van der Waals surface area (Å²) in [5.41, 5.74) is 7.61. The Bertz CT molecular complexity index is 1060. The van der Waals surface area contributed by atoms with Crippen LogP contribution in [-0.2, 0) is 14.8 Å². The summed E-state index contributed by atoms with van der Waals surface area (Å²) in [5.74, 6) is -0.806. The molecule has 136 valence electrons. The van der Waals surface area contributed by atoms with Crippen molar-refractivity contribution in [2.45, 2.75) is 17.7 Å². The van der Waals surface area contributed by atoms with Crippen molar-refractivity contribution in [1.29, 1.82) is 0 Å². The number of nitrogens with zero attached hydrogens (tertiary/aromatic N) is 3. The molecule has 0 unspecified atom stereocenters. The van der Waals surface area contributed by atoms with Gasteiger partial charge in [-0.3, -0.25) is 4.79 Å². The van der Waals surface area contributed by atoms with Crippen LogP contribution < -0.4 is 10.5 Å². The zero-order valence-electron chi connectivity index (χ0n) is 13.7. The minimum Gasteiger partial charge on any atom is -0.481 e. The van der Waals surface area contributed by atoms with E-state index in [0.717, 1.165) is 5.56 Å². The molecule has 0 fully saturated rings. The van der Waals surface area contributed by atoms with Crippen LogP contribution in [0.15, 0.2) is 47.5 Å². The summed E-state index contributed by atoms with van der Waals surface area (Å²) in [5, 5.41) is 12.6. The second kappa shape index (κ2) is 7.10. The largest absolute Gasteiger partial charge is 0.481 e. The fourth-order valence-electron chi connectivity index (χ4n) is 2.44. The lowest BCUT2D eigenvalue weighted by atomic mass is 10.1. The average Bonchev–Trinajstić information content (AvgIpc) is 2.98. The van der Waals surface area contributed by atoms with Gasteiger partial charge in [0, 0.05) is 24.7 Å². The Hall–Kier alpha value is -2.98. The lowest BCUT2D eigenvalue weighted by molar-refractivity contribution is -0.137. The van der Waals surface area contributed by atoms with Gasteiger partial charge in [-0.25, -0.2) is 17.7 Å². The SMILES string of the molecule is Nc1nc2ccc(-c3cccc(S(=O)(=O)NCCCC(=O)O)c3)cn2n1. The standard InChI is InChI=1S/C16H17N5O4S/c17-16-19-14-7-6-12(10-21(14)20-16)11-3-1-4-13(9-11)26(24,25)18-8-2-5-15(22)23/h1,3-4,6-7,9-10,18H,2,5,8H2,(H2,17,20)(H,22,23). The molecule has 10 heteroatoms. The number of benzene rings is 1. The first-order chi connectivity index (χ1) is 12.3. The molecule has 0 saturated heterocycles. The molecule has 0 aliphatic rings. The third-order valence-electron chi connectivity index (χ3n) is 3.68. The molecule has 3 rings (SSSR count). The van der Waals surface area contributed by atoms with E-state index >= 15 is 0 Å². The van der Waals surface area contributed by atoms with Crippen molar-refractivity contribution in [3.05, 3.63) is 42.6 Å². The quantitative estimate of drug-likeness (QED) is 0.526. The van der Waals surface area contributed by atoms with Crippen LogP contribution in [0.1, 0.15) is 12.8 Å². The smallest absolute Gasteiger partial charge is 0.303 e. The van der Waals surface area contributed by atoms with E-state index in [2.05, 4.69) is 14.8 Å². The molecule has 0 aliphatic heterocycles. The molecule has 4 N–H and O–H groups in total. The van der Waals surface area contributed by atoms with Crippen LogP contribution in [0.5, 0.6) is 0 Å². The van der Waals surface area contributed by atoms with Gasteiger partial charge in [-0.15, -0.1) is 5.10 Å². The lowest BCUT2D eigenvalue weighted by Gasteiger charge is -2.08. The Kier molecular flexibility index (Phi) is 4.87. The zero-order valence-corrected chi connectivity index (χ0v) is 14.5. The summed E-state index contributed by atoms with van der Waals surface area (Å²) in [6.45, 7) is 0.0586. The van der Waals surface area contributed by atoms with Crippen LogP contribution in [0.4, 0.5) is 5.95 Å². The summed E-state index contributed by atoms with van der Waals surface area (Å²) in [4.78, 5) is 14.6. The van der Waals surface area contributed by atoms with Crippen molar-refractivity contribution < 1.29 is 18.3 Å². The van der Waals surface area contributed by atoms with E-state index in [0.29, 0.717) is 11.2 Å². The van der Waals surface area contributed by atoms with E-state index in [9.17, 15) is 13.2 Å². The molecule has 0 aliphatic carbocycles. The van der Waals surface area contributed by atoms with Gasteiger partial charge < -0.3 is 10.8 Å². The van der Waals surface area contributed by atoms with Crippen molar-refractivity contribution in [3.8, 4) is 11.1 Å². The highest BCUT2D eigenvalue weighted by molar-refractivity contribution is 7.89. The first-order valence-corrected chi connectivity index (χ1v) is 9.27. The number of carbonyl (C=O) groups is 1. The van der Waals surface area contributed by atoms with E-state index in [1.54, 1.807) is 36.5 Å². The van der Waals surface area contributed by atoms with Crippen LogP contribution >= 0.6 is 0 Å². The number of nitrogens with two attached hydrogens (primary N) is 1. The Morgan fingerprint density at radius 1 is 1.23 bits per heavy atom. The summed E-state index contributed by atoms with van der Waals surface area (Å²) in [6.07, 6.45) is 1.84. The number of nitrogen functional groups attached to an aromatic ring is 1. The molecule has 2 aromatic heterocycles. The number of fused-ring (bicyclic) bond motifs is 1. The second-order valence-corrected chi connectivity index (χ2v) is 7.38. The molecule has 2 heterocycles. The Morgan fingerprint density at radius 3 is 2.81 bits per heavy atom. The third-order valence-corrected chi connectivity index (χ3v) is 5.14. The molecule has 0 saturated carbocycles. The molecular weight excluding hydrogens is 358 g/mol. The Morgan fingerprint density at radius 2 is 2.04 bits per heavy atom. The van der Waals surface area contributed by atoms with Crippen molar-refractivity contribution in [3.63, 3.8) is 0 Å². The monoisotopic (exact) mass is 375 g/mol. The van der Waals surface area contributed by atoms with E-state index in [4.69, 9.17) is 10.8 Å². The van der Waals surface area contributed by atoms with Crippen molar-refractivity contribution >= 4 is 27.6 Å². The zero-order chi connectivity index (χ0) is 18.7. The van der Waals surface area contributed by atoms with E-state index in [-0.39, 0.29) is 30.2 Å². The van der Waals surface area contributed by atoms with Gasteiger partial charge in [0.05, 0.1) is 4.90 Å². The normalized spacial score (nSPS) is 11.7. The molecule has 0 bridgehead atoms. The van der Waals surface area contributed by atoms with Gasteiger partial charge in [-0.2, -0.15) is 4.98 Å². The maximum atomic E-state index is 12.4. The van der Waals surface area contributed by atoms with Gasteiger partial charge in [0.2, 0.25) is 16.0 Å². The fraction of sp³-hybridized carbons (Fsp3) is 0.188. The molecular formula is C16H17N5O4S. The molecule has 0 amide bonds. The highest BCUT2D eigenvalue weighted by atomic mass is 32.2. The lowest BCUT2D eigenvalue weighted by Crippen LogP contribution is -2.25. The van der Waals surface area contributed by atoms with Gasteiger partial charge in [-0.05, 0) is 36.2 Å². The molecule has 26 heavy (non-hydrogen) atoms. The molecule has 1 aromatic carbocycles. The van der Waals surface area contributed by atoms with Crippen molar-refractivity contribution in [1.82, 2.24) is 19.3 Å². The molecule has 0 spiro atoms. The van der Waals surface area contributed by atoms with Gasteiger partial charge in [0.15, 0.2) is 5.65 Å². The van der Waals surface area contributed by atoms with Gasteiger partial charge >= 0.3 is 5.97 Å². The van der Waals surface area contributed by atoms with Crippen molar-refractivity contribution in [2.75, 3.05) is 12.3 Å². The first kappa shape index (κ1) is 17.8. The van der Waals surface area contributed by atoms with E-state index in [1.165, 1.54) is 10.6 Å². The fourth-order valence-corrected chi connectivity index (χ4v) is 3.56. The molecule has 3 aromatic rings. The van der Waals surface area contributed by atoms with Gasteiger partial charge in [-0.1, -0.05) is 12.1 Å². The number of pyridine rings is 1. The predicted molar refractivity (Wildman–Crippen MR) is 94.9 cm³/mol. The van der Waals surface area contributed by atoms with Gasteiger partial charge in [0.1, 0.15) is 0 Å². The number of aromatic nitrogens is 3. The van der Waals surface area contributed by atoms with Crippen LogP contribution in [0.2, 0.25) is 0 Å². The maximum Gasteiger partial charge on any atom is 0.303 e. The number of nitrogens with one attached hydrogen (secondary N) is 1. The topological polar surface area (TPSA) is 140 Å². The third kappa shape index (κ3) is 3.98. The Balaban J connectivity index is 1.83. The number of carboxylic acids is 1. The maximum absolute atomic E-state index is 12.4. The number of carboxylic acid groups (broad SMARTS) is 1. The minimum atomic E-state index is -3.72. The number of anilines is 1. The number of hydrogen-bond acceptors (Lipinski definition) is 6. The summed E-state index contributed by atoms with van der Waals surface area (Å²) in [7, 11) is -3.72. The first-order valence-electron chi connectivity index (χ1n) is 7.79. The second-order valence-electron chi connectivity index (χ2n) is 5.61. The van der Waals surface area contributed by atoms with E-state index < -0.39 is 16.0 Å². The number of sulfonamides is 1. The van der Waals surface area contributed by atoms with Crippen LogP contribution in [-0.4, -0.2) is 40.6 Å². The number of aliphatic carboxylic acids is 1. The van der Waals surface area contributed by atoms with Crippen LogP contribution in [0.3, 0.4) is 0 Å². The molecule has 0 radical (unpaired) electrons. The minimum absolute atomic E-state index is 0.0586. The number of rotatable bonds is 7. The highest BCUT2D eigenvalue weighted by Gasteiger charge is 2.15.